The highest BCUT2D eigenvalue weighted by molar-refractivity contribution is 5.75. The Hall–Kier alpha value is -0.650. The lowest BCUT2D eigenvalue weighted by Crippen LogP contribution is -2.54. The van der Waals surface area contributed by atoms with Gasteiger partial charge in [-0.1, -0.05) is 13.8 Å². The van der Waals surface area contributed by atoms with Gasteiger partial charge in [-0.25, -0.2) is 0 Å². The van der Waals surface area contributed by atoms with Crippen molar-refractivity contribution in [3.63, 3.8) is 0 Å². The van der Waals surface area contributed by atoms with Gasteiger partial charge in [0.2, 0.25) is 0 Å². The van der Waals surface area contributed by atoms with Gasteiger partial charge in [0, 0.05) is 25.9 Å². The van der Waals surface area contributed by atoms with E-state index in [4.69, 9.17) is 14.2 Å². The molecule has 1 spiro atoms. The topological polar surface area (TPSA) is 56.8 Å². The van der Waals surface area contributed by atoms with Crippen molar-refractivity contribution in [2.45, 2.75) is 57.2 Å². The summed E-state index contributed by atoms with van der Waals surface area (Å²) < 4.78 is 16.4. The van der Waals surface area contributed by atoms with Gasteiger partial charge in [0.05, 0.1) is 12.7 Å². The number of hydrogen-bond donors (Lipinski definition) is 1. The molecule has 2 heterocycles. The molecule has 2 unspecified atom stereocenters. The second-order valence-electron chi connectivity index (χ2n) is 6.25. The zero-order chi connectivity index (χ0) is 14.6. The summed E-state index contributed by atoms with van der Waals surface area (Å²) in [7, 11) is 1.45. The van der Waals surface area contributed by atoms with E-state index < -0.39 is 0 Å². The van der Waals surface area contributed by atoms with Crippen LogP contribution >= 0.6 is 0 Å². The minimum Gasteiger partial charge on any atom is -0.468 e. The number of esters is 1. The van der Waals surface area contributed by atoms with E-state index in [2.05, 4.69) is 5.32 Å². The van der Waals surface area contributed by atoms with E-state index in [9.17, 15) is 4.79 Å². The van der Waals surface area contributed by atoms with E-state index in [0.29, 0.717) is 6.04 Å². The summed E-state index contributed by atoms with van der Waals surface area (Å²) in [5, 5.41) is 3.48. The Labute approximate surface area is 121 Å². The van der Waals surface area contributed by atoms with Gasteiger partial charge in [-0.2, -0.15) is 0 Å². The van der Waals surface area contributed by atoms with Crippen molar-refractivity contribution in [1.82, 2.24) is 5.32 Å². The maximum Gasteiger partial charge on any atom is 0.323 e. The standard InChI is InChI=1S/C15H27NO4/c1-11(2)13(14(17)18-3)16-12-4-7-20-15(10-12)5-8-19-9-6-15/h11-13,16H,4-10H2,1-3H3. The molecule has 20 heavy (non-hydrogen) atoms. The van der Waals surface area contributed by atoms with Crippen LogP contribution < -0.4 is 5.32 Å². The first kappa shape index (κ1) is 15.7. The molecular formula is C15H27NO4. The molecule has 2 aliphatic heterocycles. The fourth-order valence-corrected chi connectivity index (χ4v) is 3.18. The highest BCUT2D eigenvalue weighted by atomic mass is 16.5. The normalized spacial score (nSPS) is 27.5. The Bertz CT molecular complexity index is 320. The SMILES string of the molecule is COC(=O)C(NC1CCOC2(CCOCC2)C1)C(C)C. The predicted octanol–water partition coefficient (Wildman–Crippen LogP) is 1.50. The fraction of sp³-hybridized carbons (Fsp3) is 0.933. The van der Waals surface area contributed by atoms with Crippen molar-refractivity contribution in [1.29, 1.82) is 0 Å². The van der Waals surface area contributed by atoms with Crippen LogP contribution in [0.2, 0.25) is 0 Å². The van der Waals surface area contributed by atoms with Crippen LogP contribution in [0.4, 0.5) is 0 Å². The molecule has 2 rings (SSSR count). The summed E-state index contributed by atoms with van der Waals surface area (Å²) in [6, 6.07) is 0.0772. The van der Waals surface area contributed by atoms with Gasteiger partial charge in [0.25, 0.3) is 0 Å². The molecule has 0 aromatic rings. The number of rotatable bonds is 4. The summed E-state index contributed by atoms with van der Waals surface area (Å²) in [5.74, 6) is 0.0449. The van der Waals surface area contributed by atoms with E-state index in [1.807, 2.05) is 13.8 Å². The second kappa shape index (κ2) is 6.87. The minimum atomic E-state index is -0.236. The molecule has 5 nitrogen and oxygen atoms in total. The van der Waals surface area contributed by atoms with Crippen molar-refractivity contribution in [2.24, 2.45) is 5.92 Å². The largest absolute Gasteiger partial charge is 0.468 e. The fourth-order valence-electron chi connectivity index (χ4n) is 3.18. The van der Waals surface area contributed by atoms with Crippen LogP contribution in [0.3, 0.4) is 0 Å². The molecule has 2 aliphatic rings. The van der Waals surface area contributed by atoms with E-state index in [0.717, 1.165) is 45.5 Å². The van der Waals surface area contributed by atoms with E-state index in [1.54, 1.807) is 0 Å². The summed E-state index contributed by atoms with van der Waals surface area (Å²) in [6.07, 6.45) is 3.81. The molecular weight excluding hydrogens is 258 g/mol. The van der Waals surface area contributed by atoms with Crippen LogP contribution in [0.5, 0.6) is 0 Å². The zero-order valence-corrected chi connectivity index (χ0v) is 12.8. The van der Waals surface area contributed by atoms with Gasteiger partial charge in [-0.3, -0.25) is 4.79 Å². The molecule has 1 N–H and O–H groups in total. The first-order chi connectivity index (χ1) is 9.56. The Morgan fingerprint density at radius 2 is 2.00 bits per heavy atom. The molecule has 116 valence electrons. The van der Waals surface area contributed by atoms with Crippen molar-refractivity contribution in [2.75, 3.05) is 26.9 Å². The monoisotopic (exact) mass is 285 g/mol. The van der Waals surface area contributed by atoms with Crippen molar-refractivity contribution in [3.8, 4) is 0 Å². The molecule has 2 atom stereocenters. The molecule has 0 aromatic carbocycles. The molecule has 0 bridgehead atoms. The molecule has 0 radical (unpaired) electrons. The third kappa shape index (κ3) is 3.71. The highest BCUT2D eigenvalue weighted by Gasteiger charge is 2.40. The molecule has 0 amide bonds. The van der Waals surface area contributed by atoms with Crippen LogP contribution in [0.1, 0.15) is 39.5 Å². The highest BCUT2D eigenvalue weighted by Crippen LogP contribution is 2.34. The van der Waals surface area contributed by atoms with Crippen LogP contribution in [0, 0.1) is 5.92 Å². The molecule has 0 saturated carbocycles. The number of carbonyl (C=O) groups is 1. The maximum atomic E-state index is 11.9. The van der Waals surface area contributed by atoms with Crippen molar-refractivity contribution >= 4 is 5.97 Å². The lowest BCUT2D eigenvalue weighted by molar-refractivity contribution is -0.150. The van der Waals surface area contributed by atoms with E-state index in [1.165, 1.54) is 7.11 Å². The zero-order valence-electron chi connectivity index (χ0n) is 12.8. The summed E-state index contributed by atoms with van der Waals surface area (Å²) in [4.78, 5) is 11.9. The van der Waals surface area contributed by atoms with E-state index in [-0.39, 0.29) is 23.5 Å². The van der Waals surface area contributed by atoms with E-state index >= 15 is 0 Å². The Balaban J connectivity index is 1.95. The second-order valence-corrected chi connectivity index (χ2v) is 6.25. The first-order valence-electron chi connectivity index (χ1n) is 7.62. The Morgan fingerprint density at radius 3 is 2.60 bits per heavy atom. The Kier molecular flexibility index (Phi) is 5.41. The molecule has 2 saturated heterocycles. The molecule has 0 aliphatic carbocycles. The number of methoxy groups -OCH3 is 1. The number of hydrogen-bond acceptors (Lipinski definition) is 5. The molecule has 2 fully saturated rings. The number of nitrogens with one attached hydrogen (secondary N) is 1. The predicted molar refractivity (Wildman–Crippen MR) is 75.5 cm³/mol. The van der Waals surface area contributed by atoms with Gasteiger partial charge in [0.1, 0.15) is 6.04 Å². The molecule has 5 heteroatoms. The van der Waals surface area contributed by atoms with Gasteiger partial charge in [-0.15, -0.1) is 0 Å². The third-order valence-electron chi connectivity index (χ3n) is 4.43. The minimum absolute atomic E-state index is 0.0498. The average molecular weight is 285 g/mol. The number of carbonyl (C=O) groups excluding carboxylic acids is 1. The van der Waals surface area contributed by atoms with Gasteiger partial charge < -0.3 is 19.5 Å². The summed E-state index contributed by atoms with van der Waals surface area (Å²) >= 11 is 0. The third-order valence-corrected chi connectivity index (χ3v) is 4.43. The van der Waals surface area contributed by atoms with Gasteiger partial charge in [0.15, 0.2) is 0 Å². The average Bonchev–Trinajstić information content (AvgIpc) is 2.44. The smallest absolute Gasteiger partial charge is 0.323 e. The molecule has 0 aromatic heterocycles. The van der Waals surface area contributed by atoms with Gasteiger partial charge >= 0.3 is 5.97 Å². The lowest BCUT2D eigenvalue weighted by Gasteiger charge is -2.44. The van der Waals surface area contributed by atoms with Crippen LogP contribution in [-0.4, -0.2) is 50.6 Å². The Morgan fingerprint density at radius 1 is 1.30 bits per heavy atom. The maximum absolute atomic E-state index is 11.9. The van der Waals surface area contributed by atoms with Crippen LogP contribution in [-0.2, 0) is 19.0 Å². The van der Waals surface area contributed by atoms with Crippen molar-refractivity contribution < 1.29 is 19.0 Å². The summed E-state index contributed by atoms with van der Waals surface area (Å²) in [5.41, 5.74) is -0.0498. The van der Waals surface area contributed by atoms with Crippen LogP contribution in [0.15, 0.2) is 0 Å². The number of ether oxygens (including phenoxy) is 3. The first-order valence-corrected chi connectivity index (χ1v) is 7.62. The summed E-state index contributed by atoms with van der Waals surface area (Å²) in [6.45, 7) is 6.38. The van der Waals surface area contributed by atoms with Crippen molar-refractivity contribution in [3.05, 3.63) is 0 Å². The quantitative estimate of drug-likeness (QED) is 0.793. The van der Waals surface area contributed by atoms with Crippen LogP contribution in [0.25, 0.3) is 0 Å². The van der Waals surface area contributed by atoms with Gasteiger partial charge in [-0.05, 0) is 31.6 Å². The lowest BCUT2D eigenvalue weighted by atomic mass is 9.83.